The van der Waals surface area contributed by atoms with Crippen LogP contribution in [-0.4, -0.2) is 43.0 Å². The summed E-state index contributed by atoms with van der Waals surface area (Å²) in [6.45, 7) is 2.13. The van der Waals surface area contributed by atoms with Gasteiger partial charge in [-0.3, -0.25) is 0 Å². The lowest BCUT2D eigenvalue weighted by Gasteiger charge is -2.27. The highest BCUT2D eigenvalue weighted by atomic mass is 16.7. The number of nitrogens with one attached hydrogen (secondary N) is 1. The second kappa shape index (κ2) is 4.56. The van der Waals surface area contributed by atoms with Gasteiger partial charge in [-0.05, 0) is 24.1 Å². The van der Waals surface area contributed by atoms with Crippen molar-refractivity contribution in [2.75, 3.05) is 19.9 Å². The number of carbonyl (C=O) groups excluding carboxylic acids is 1. The van der Waals surface area contributed by atoms with Crippen LogP contribution in [-0.2, 0) is 11.3 Å². The lowest BCUT2D eigenvalue weighted by molar-refractivity contribution is 0.0445. The number of nitrogens with zero attached hydrogens (tertiary/aromatic N) is 1. The number of amides is 2. The van der Waals surface area contributed by atoms with E-state index in [0.29, 0.717) is 19.7 Å². The van der Waals surface area contributed by atoms with E-state index in [9.17, 15) is 4.79 Å². The first-order valence-electron chi connectivity index (χ1n) is 6.84. The zero-order valence-corrected chi connectivity index (χ0v) is 11.0. The Bertz CT molecular complexity index is 548. The second-order valence-electron chi connectivity index (χ2n) is 5.34. The first-order chi connectivity index (χ1) is 9.79. The smallest absolute Gasteiger partial charge is 0.318 e. The molecule has 20 heavy (non-hydrogen) atoms. The molecule has 1 aromatic rings. The van der Waals surface area contributed by atoms with Gasteiger partial charge in [-0.25, -0.2) is 4.79 Å². The standard InChI is InChI=1S/C14H16N2O4/c17-14(16-6-11-4-10(16)7-18-11)15-5-9-1-2-12-13(3-9)20-8-19-12/h1-3,10-11H,4-8H2,(H,15,17)/t10-,11+/m0/s1. The van der Waals surface area contributed by atoms with E-state index in [4.69, 9.17) is 14.2 Å². The van der Waals surface area contributed by atoms with Crippen LogP contribution in [0.25, 0.3) is 0 Å². The molecule has 6 heteroatoms. The zero-order valence-electron chi connectivity index (χ0n) is 11.0. The predicted molar refractivity (Wildman–Crippen MR) is 69.7 cm³/mol. The summed E-state index contributed by atoms with van der Waals surface area (Å²) in [6.07, 6.45) is 1.20. The molecule has 0 spiro atoms. The predicted octanol–water partition coefficient (Wildman–Crippen LogP) is 1.10. The molecule has 6 nitrogen and oxygen atoms in total. The molecule has 106 valence electrons. The molecule has 2 saturated heterocycles. The van der Waals surface area contributed by atoms with Crippen molar-refractivity contribution in [3.05, 3.63) is 23.8 Å². The largest absolute Gasteiger partial charge is 0.454 e. The van der Waals surface area contributed by atoms with Crippen molar-refractivity contribution in [2.45, 2.75) is 25.1 Å². The Morgan fingerprint density at radius 3 is 3.05 bits per heavy atom. The van der Waals surface area contributed by atoms with E-state index in [1.807, 2.05) is 23.1 Å². The number of carbonyl (C=O) groups is 1. The van der Waals surface area contributed by atoms with Crippen molar-refractivity contribution in [2.24, 2.45) is 0 Å². The summed E-state index contributed by atoms with van der Waals surface area (Å²) in [6, 6.07) is 5.94. The Morgan fingerprint density at radius 2 is 2.25 bits per heavy atom. The Kier molecular flexibility index (Phi) is 2.70. The van der Waals surface area contributed by atoms with E-state index in [0.717, 1.165) is 23.5 Å². The summed E-state index contributed by atoms with van der Waals surface area (Å²) in [5, 5.41) is 2.95. The van der Waals surface area contributed by atoms with E-state index in [2.05, 4.69) is 5.32 Å². The van der Waals surface area contributed by atoms with Gasteiger partial charge in [0.15, 0.2) is 11.5 Å². The molecule has 0 saturated carbocycles. The van der Waals surface area contributed by atoms with E-state index in [1.165, 1.54) is 0 Å². The van der Waals surface area contributed by atoms with Gasteiger partial charge in [0.1, 0.15) is 0 Å². The van der Waals surface area contributed by atoms with Crippen LogP contribution < -0.4 is 14.8 Å². The Balaban J connectivity index is 1.37. The van der Waals surface area contributed by atoms with Crippen molar-refractivity contribution in [1.29, 1.82) is 0 Å². The van der Waals surface area contributed by atoms with Crippen LogP contribution in [0.4, 0.5) is 4.79 Å². The topological polar surface area (TPSA) is 60.0 Å². The number of hydrogen-bond donors (Lipinski definition) is 1. The molecule has 0 unspecified atom stereocenters. The molecule has 2 bridgehead atoms. The maximum Gasteiger partial charge on any atom is 0.318 e. The van der Waals surface area contributed by atoms with E-state index < -0.39 is 0 Å². The van der Waals surface area contributed by atoms with Crippen molar-refractivity contribution >= 4 is 6.03 Å². The zero-order chi connectivity index (χ0) is 13.5. The van der Waals surface area contributed by atoms with E-state index >= 15 is 0 Å². The number of ether oxygens (including phenoxy) is 3. The van der Waals surface area contributed by atoms with Gasteiger partial charge in [0, 0.05) is 13.1 Å². The molecule has 0 radical (unpaired) electrons. The normalized spacial score (nSPS) is 26.1. The highest BCUT2D eigenvalue weighted by Crippen LogP contribution is 2.32. The molecule has 2 fully saturated rings. The molecule has 1 N–H and O–H groups in total. The highest BCUT2D eigenvalue weighted by molar-refractivity contribution is 5.75. The number of benzene rings is 1. The number of fused-ring (bicyclic) bond motifs is 3. The fraction of sp³-hybridized carbons (Fsp3) is 0.500. The van der Waals surface area contributed by atoms with E-state index in [1.54, 1.807) is 0 Å². The molecule has 1 aromatic carbocycles. The summed E-state index contributed by atoms with van der Waals surface area (Å²) in [7, 11) is 0. The number of likely N-dealkylation sites (tertiary alicyclic amines) is 1. The van der Waals surface area contributed by atoms with Gasteiger partial charge in [-0.2, -0.15) is 0 Å². The van der Waals surface area contributed by atoms with Crippen molar-refractivity contribution in [3.63, 3.8) is 0 Å². The van der Waals surface area contributed by atoms with Crippen LogP contribution in [0, 0.1) is 0 Å². The van der Waals surface area contributed by atoms with Gasteiger partial charge in [0.05, 0.1) is 18.8 Å². The second-order valence-corrected chi connectivity index (χ2v) is 5.34. The van der Waals surface area contributed by atoms with Crippen LogP contribution in [0.15, 0.2) is 18.2 Å². The first kappa shape index (κ1) is 11.8. The Hall–Kier alpha value is -1.95. The van der Waals surface area contributed by atoms with Crippen LogP contribution in [0.2, 0.25) is 0 Å². The monoisotopic (exact) mass is 276 g/mol. The van der Waals surface area contributed by atoms with Gasteiger partial charge >= 0.3 is 6.03 Å². The summed E-state index contributed by atoms with van der Waals surface area (Å²) >= 11 is 0. The molecule has 4 rings (SSSR count). The average molecular weight is 276 g/mol. The number of rotatable bonds is 2. The molecule has 2 atom stereocenters. The van der Waals surface area contributed by atoms with Gasteiger partial charge < -0.3 is 24.4 Å². The SMILES string of the molecule is O=C(NCc1ccc2c(c1)OCO2)N1C[C@H]2C[C@H]1CO2. The van der Waals surface area contributed by atoms with Crippen LogP contribution in [0.3, 0.4) is 0 Å². The highest BCUT2D eigenvalue weighted by Gasteiger charge is 2.41. The minimum atomic E-state index is -0.0153. The van der Waals surface area contributed by atoms with Gasteiger partial charge in [-0.1, -0.05) is 6.07 Å². The molecule has 3 aliphatic rings. The minimum Gasteiger partial charge on any atom is -0.454 e. The molecule has 3 heterocycles. The average Bonchev–Trinajstić information content (AvgIpc) is 3.19. The lowest BCUT2D eigenvalue weighted by Crippen LogP contribution is -2.46. The number of morpholine rings is 1. The Labute approximate surface area is 116 Å². The maximum atomic E-state index is 12.1. The van der Waals surface area contributed by atoms with Gasteiger partial charge in [-0.15, -0.1) is 0 Å². The molecular weight excluding hydrogens is 260 g/mol. The van der Waals surface area contributed by atoms with E-state index in [-0.39, 0.29) is 25.0 Å². The minimum absolute atomic E-state index is 0.0153. The number of hydrogen-bond acceptors (Lipinski definition) is 4. The molecular formula is C14H16N2O4. The van der Waals surface area contributed by atoms with Crippen LogP contribution >= 0.6 is 0 Å². The molecule has 0 aromatic heterocycles. The maximum absolute atomic E-state index is 12.1. The molecule has 0 aliphatic carbocycles. The third-order valence-electron chi connectivity index (χ3n) is 4.04. The van der Waals surface area contributed by atoms with Crippen molar-refractivity contribution < 1.29 is 19.0 Å². The fourth-order valence-electron chi connectivity index (χ4n) is 2.98. The fourth-order valence-corrected chi connectivity index (χ4v) is 2.98. The quantitative estimate of drug-likeness (QED) is 0.878. The number of urea groups is 1. The first-order valence-corrected chi connectivity index (χ1v) is 6.84. The van der Waals surface area contributed by atoms with Crippen LogP contribution in [0.5, 0.6) is 11.5 Å². The summed E-state index contributed by atoms with van der Waals surface area (Å²) in [5.74, 6) is 1.50. The lowest BCUT2D eigenvalue weighted by atomic mass is 10.2. The van der Waals surface area contributed by atoms with Crippen molar-refractivity contribution in [3.8, 4) is 11.5 Å². The third kappa shape index (κ3) is 1.96. The van der Waals surface area contributed by atoms with Crippen LogP contribution in [0.1, 0.15) is 12.0 Å². The summed E-state index contributed by atoms with van der Waals surface area (Å²) in [4.78, 5) is 14.0. The summed E-state index contributed by atoms with van der Waals surface area (Å²) < 4.78 is 16.1. The third-order valence-corrected chi connectivity index (χ3v) is 4.04. The summed E-state index contributed by atoms with van der Waals surface area (Å²) in [5.41, 5.74) is 1.00. The Morgan fingerprint density at radius 1 is 1.35 bits per heavy atom. The molecule has 3 aliphatic heterocycles. The van der Waals surface area contributed by atoms with Gasteiger partial charge in [0.25, 0.3) is 0 Å². The van der Waals surface area contributed by atoms with Crippen molar-refractivity contribution in [1.82, 2.24) is 10.2 Å². The molecule has 2 amide bonds. The van der Waals surface area contributed by atoms with Gasteiger partial charge in [0.2, 0.25) is 6.79 Å².